The van der Waals surface area contributed by atoms with Crippen molar-refractivity contribution in [3.63, 3.8) is 0 Å². The summed E-state index contributed by atoms with van der Waals surface area (Å²) in [5, 5.41) is 0. The van der Waals surface area contributed by atoms with Crippen LogP contribution in [0.25, 0.3) is 0 Å². The quantitative estimate of drug-likeness (QED) is 0.424. The number of benzene rings is 1. The third-order valence-electron chi connectivity index (χ3n) is 7.01. The van der Waals surface area contributed by atoms with E-state index in [0.717, 1.165) is 48.4 Å². The Morgan fingerprint density at radius 2 is 1.30 bits per heavy atom. The minimum Gasteiger partial charge on any atom is -0.494 e. The van der Waals surface area contributed by atoms with Gasteiger partial charge in [0.25, 0.3) is 0 Å². The van der Waals surface area contributed by atoms with Gasteiger partial charge in [0.2, 0.25) is 0 Å². The van der Waals surface area contributed by atoms with Crippen molar-refractivity contribution in [1.82, 2.24) is 0 Å². The molecule has 0 amide bonds. The van der Waals surface area contributed by atoms with Gasteiger partial charge in [-0.05, 0) is 73.6 Å². The Morgan fingerprint density at radius 1 is 0.741 bits per heavy atom. The topological polar surface area (TPSA) is 18.5 Å². The Morgan fingerprint density at radius 3 is 1.93 bits per heavy atom. The lowest BCUT2D eigenvalue weighted by Gasteiger charge is -2.27. The summed E-state index contributed by atoms with van der Waals surface area (Å²) in [5.74, 6) is 5.54. The van der Waals surface area contributed by atoms with E-state index in [1.165, 1.54) is 70.6 Å². The second kappa shape index (κ2) is 11.0. The minimum atomic E-state index is 0.742. The van der Waals surface area contributed by atoms with Crippen molar-refractivity contribution in [2.75, 3.05) is 13.2 Å². The fraction of sp³-hybridized carbons (Fsp3) is 0.760. The fourth-order valence-electron chi connectivity index (χ4n) is 4.83. The van der Waals surface area contributed by atoms with Gasteiger partial charge < -0.3 is 9.47 Å². The Labute approximate surface area is 167 Å². The Hall–Kier alpha value is -1.18. The molecule has 0 unspecified atom stereocenters. The summed E-state index contributed by atoms with van der Waals surface area (Å²) in [5.41, 5.74) is 0. The highest BCUT2D eigenvalue weighted by Gasteiger charge is 2.20. The average molecular weight is 373 g/mol. The van der Waals surface area contributed by atoms with E-state index in [0.29, 0.717) is 0 Å². The van der Waals surface area contributed by atoms with E-state index in [1.54, 1.807) is 0 Å². The normalized spacial score (nSPS) is 28.7. The molecule has 2 fully saturated rings. The Bertz CT molecular complexity index is 508. The molecule has 0 heterocycles. The largest absolute Gasteiger partial charge is 0.494 e. The van der Waals surface area contributed by atoms with Gasteiger partial charge in [0.15, 0.2) is 0 Å². The molecule has 1 aromatic rings. The molecule has 27 heavy (non-hydrogen) atoms. The van der Waals surface area contributed by atoms with E-state index in [1.807, 2.05) is 0 Å². The maximum absolute atomic E-state index is 6.03. The molecule has 0 aliphatic heterocycles. The number of hydrogen-bond donors (Lipinski definition) is 0. The second-order valence-electron chi connectivity index (χ2n) is 9.19. The molecule has 1 aromatic carbocycles. The zero-order chi connectivity index (χ0) is 18.9. The standard InChI is InChI=1S/C25H40O2/c1-3-21-10-12-23(13-11-21)19-27-25-16-14-24(15-17-25)26-18-4-5-22-8-6-20(2)7-9-22/h14-17,20-23H,3-13,18-19H2,1-2H3/t20-,21-,22-,23-. The summed E-state index contributed by atoms with van der Waals surface area (Å²) in [6.45, 7) is 6.43. The predicted molar refractivity (Wildman–Crippen MR) is 114 cm³/mol. The summed E-state index contributed by atoms with van der Waals surface area (Å²) in [6, 6.07) is 8.25. The van der Waals surface area contributed by atoms with E-state index in [2.05, 4.69) is 38.1 Å². The smallest absolute Gasteiger partial charge is 0.119 e. The van der Waals surface area contributed by atoms with Crippen LogP contribution in [-0.2, 0) is 0 Å². The van der Waals surface area contributed by atoms with Crippen LogP contribution in [0, 0.1) is 23.7 Å². The van der Waals surface area contributed by atoms with Crippen molar-refractivity contribution in [3.05, 3.63) is 24.3 Å². The van der Waals surface area contributed by atoms with Crippen molar-refractivity contribution in [2.45, 2.75) is 84.5 Å². The monoisotopic (exact) mass is 372 g/mol. The molecule has 0 aromatic heterocycles. The highest BCUT2D eigenvalue weighted by atomic mass is 16.5. The zero-order valence-electron chi connectivity index (χ0n) is 17.6. The molecule has 0 bridgehead atoms. The first-order valence-electron chi connectivity index (χ1n) is 11.6. The van der Waals surface area contributed by atoms with Crippen molar-refractivity contribution < 1.29 is 9.47 Å². The number of hydrogen-bond acceptors (Lipinski definition) is 2. The molecule has 0 spiro atoms. The van der Waals surface area contributed by atoms with Crippen molar-refractivity contribution in [3.8, 4) is 11.5 Å². The van der Waals surface area contributed by atoms with Gasteiger partial charge in [-0.25, -0.2) is 0 Å². The van der Waals surface area contributed by atoms with Crippen LogP contribution in [0.4, 0.5) is 0 Å². The van der Waals surface area contributed by atoms with Crippen LogP contribution in [0.1, 0.15) is 84.5 Å². The van der Waals surface area contributed by atoms with E-state index < -0.39 is 0 Å². The molecule has 2 heteroatoms. The maximum Gasteiger partial charge on any atom is 0.119 e. The summed E-state index contributed by atoms with van der Waals surface area (Å²) >= 11 is 0. The average Bonchev–Trinajstić information content (AvgIpc) is 2.72. The third kappa shape index (κ3) is 7.05. The van der Waals surface area contributed by atoms with E-state index in [-0.39, 0.29) is 0 Å². The van der Waals surface area contributed by atoms with Crippen LogP contribution in [0.3, 0.4) is 0 Å². The first-order valence-corrected chi connectivity index (χ1v) is 11.6. The lowest BCUT2D eigenvalue weighted by atomic mass is 9.81. The molecule has 0 N–H and O–H groups in total. The highest BCUT2D eigenvalue weighted by molar-refractivity contribution is 5.31. The van der Waals surface area contributed by atoms with Crippen molar-refractivity contribution in [1.29, 1.82) is 0 Å². The van der Waals surface area contributed by atoms with Crippen LogP contribution in [0.5, 0.6) is 11.5 Å². The molecular weight excluding hydrogens is 332 g/mol. The molecule has 2 aliphatic carbocycles. The first kappa shape index (κ1) is 20.6. The Kier molecular flexibility index (Phi) is 8.35. The SMILES string of the molecule is CC[C@H]1CC[C@H](COc2ccc(OCCC[C@H]3CC[C@H](C)CC3)cc2)CC1. The van der Waals surface area contributed by atoms with Gasteiger partial charge >= 0.3 is 0 Å². The molecule has 3 rings (SSSR count). The minimum absolute atomic E-state index is 0.742. The summed E-state index contributed by atoms with van der Waals surface area (Å²) in [6.07, 6.45) is 15.0. The molecule has 0 atom stereocenters. The van der Waals surface area contributed by atoms with Gasteiger partial charge in [0, 0.05) is 0 Å². The maximum atomic E-state index is 6.03. The lowest BCUT2D eigenvalue weighted by Crippen LogP contribution is -2.19. The molecule has 152 valence electrons. The van der Waals surface area contributed by atoms with Gasteiger partial charge in [-0.2, -0.15) is 0 Å². The van der Waals surface area contributed by atoms with Crippen LogP contribution in [0.2, 0.25) is 0 Å². The van der Waals surface area contributed by atoms with Crippen LogP contribution in [0.15, 0.2) is 24.3 Å². The molecular formula is C25H40O2. The van der Waals surface area contributed by atoms with Gasteiger partial charge in [-0.15, -0.1) is 0 Å². The second-order valence-corrected chi connectivity index (χ2v) is 9.19. The molecule has 2 saturated carbocycles. The highest BCUT2D eigenvalue weighted by Crippen LogP contribution is 2.32. The van der Waals surface area contributed by atoms with Gasteiger partial charge in [-0.3, -0.25) is 0 Å². The van der Waals surface area contributed by atoms with Crippen LogP contribution < -0.4 is 9.47 Å². The summed E-state index contributed by atoms with van der Waals surface area (Å²) < 4.78 is 12.0. The lowest BCUT2D eigenvalue weighted by molar-refractivity contribution is 0.181. The van der Waals surface area contributed by atoms with Gasteiger partial charge in [0.05, 0.1) is 13.2 Å². The van der Waals surface area contributed by atoms with E-state index in [4.69, 9.17) is 9.47 Å². The number of rotatable bonds is 9. The van der Waals surface area contributed by atoms with Crippen LogP contribution >= 0.6 is 0 Å². The van der Waals surface area contributed by atoms with Crippen molar-refractivity contribution in [2.24, 2.45) is 23.7 Å². The fourth-order valence-corrected chi connectivity index (χ4v) is 4.83. The molecule has 0 saturated heterocycles. The van der Waals surface area contributed by atoms with Gasteiger partial charge in [-0.1, -0.05) is 58.8 Å². The van der Waals surface area contributed by atoms with Gasteiger partial charge in [0.1, 0.15) is 11.5 Å². The van der Waals surface area contributed by atoms with E-state index in [9.17, 15) is 0 Å². The molecule has 2 nitrogen and oxygen atoms in total. The number of ether oxygens (including phenoxy) is 2. The van der Waals surface area contributed by atoms with Crippen molar-refractivity contribution >= 4 is 0 Å². The van der Waals surface area contributed by atoms with E-state index >= 15 is 0 Å². The van der Waals surface area contributed by atoms with Crippen LogP contribution in [-0.4, -0.2) is 13.2 Å². The molecule has 0 radical (unpaired) electrons. The summed E-state index contributed by atoms with van der Waals surface area (Å²) in [7, 11) is 0. The first-order chi connectivity index (χ1) is 13.2. The molecule has 2 aliphatic rings. The zero-order valence-corrected chi connectivity index (χ0v) is 17.6. The predicted octanol–water partition coefficient (Wildman–Crippen LogP) is 7.27. The summed E-state index contributed by atoms with van der Waals surface area (Å²) in [4.78, 5) is 0. The Balaban J connectivity index is 1.28. The third-order valence-corrected chi connectivity index (χ3v) is 7.01.